The predicted molar refractivity (Wildman–Crippen MR) is 117 cm³/mol. The number of carbonyl (C=O) groups is 1. The molecule has 2 atom stereocenters. The number of rotatable bonds is 2. The highest BCUT2D eigenvalue weighted by atomic mass is 35.5. The topological polar surface area (TPSA) is 65.5 Å². The van der Waals surface area contributed by atoms with Gasteiger partial charge >= 0.3 is 0 Å². The van der Waals surface area contributed by atoms with Gasteiger partial charge in [-0.25, -0.2) is 4.39 Å². The molecule has 1 aliphatic heterocycles. The molecule has 0 bridgehead atoms. The molecule has 0 spiro atoms. The van der Waals surface area contributed by atoms with Crippen molar-refractivity contribution in [3.05, 3.63) is 47.4 Å². The summed E-state index contributed by atoms with van der Waals surface area (Å²) in [6.07, 6.45) is 1.71. The van der Waals surface area contributed by atoms with Gasteiger partial charge < -0.3 is 15.3 Å². The van der Waals surface area contributed by atoms with Crippen molar-refractivity contribution in [3.63, 3.8) is 0 Å². The zero-order chi connectivity index (χ0) is 20.0. The summed E-state index contributed by atoms with van der Waals surface area (Å²) in [4.78, 5) is 15.4. The third-order valence-corrected chi connectivity index (χ3v) is 6.16. The molecule has 154 valence electrons. The lowest BCUT2D eigenvalue weighted by Gasteiger charge is -2.39. The molecule has 2 heterocycles. The average molecular weight is 436 g/mol. The van der Waals surface area contributed by atoms with Gasteiger partial charge in [0.1, 0.15) is 11.6 Å². The van der Waals surface area contributed by atoms with Crippen LogP contribution in [0.2, 0.25) is 0 Å². The number of aromatic hydroxyl groups is 1. The van der Waals surface area contributed by atoms with E-state index in [0.29, 0.717) is 22.3 Å². The highest BCUT2D eigenvalue weighted by Crippen LogP contribution is 2.35. The molecule has 8 heteroatoms. The lowest BCUT2D eigenvalue weighted by atomic mass is 9.95. The van der Waals surface area contributed by atoms with E-state index in [1.807, 2.05) is 24.8 Å². The minimum atomic E-state index is -0.512. The molecule has 0 saturated carbocycles. The van der Waals surface area contributed by atoms with E-state index in [-0.39, 0.29) is 36.1 Å². The number of phenols is 1. The van der Waals surface area contributed by atoms with Crippen LogP contribution in [0.4, 0.5) is 4.39 Å². The summed E-state index contributed by atoms with van der Waals surface area (Å²) in [6.45, 7) is 7.28. The molecule has 1 fully saturated rings. The third kappa shape index (κ3) is 3.82. The molecule has 5 nitrogen and oxygen atoms in total. The summed E-state index contributed by atoms with van der Waals surface area (Å²) in [7, 11) is 0. The summed E-state index contributed by atoms with van der Waals surface area (Å²) < 4.78 is 19.7. The maximum atomic E-state index is 14.7. The van der Waals surface area contributed by atoms with E-state index in [4.69, 9.17) is 0 Å². The van der Waals surface area contributed by atoms with Crippen molar-refractivity contribution in [1.82, 2.24) is 14.6 Å². The van der Waals surface area contributed by atoms with E-state index in [1.54, 1.807) is 19.2 Å². The fourth-order valence-corrected chi connectivity index (χ4v) is 4.78. The van der Waals surface area contributed by atoms with Crippen LogP contribution in [0, 0.1) is 12.7 Å². The molecule has 4 rings (SSSR count). The largest absolute Gasteiger partial charge is 0.508 e. The first-order valence-corrected chi connectivity index (χ1v) is 10.1. The van der Waals surface area contributed by atoms with Crippen molar-refractivity contribution in [3.8, 4) is 16.9 Å². The van der Waals surface area contributed by atoms with Crippen LogP contribution in [0.15, 0.2) is 30.5 Å². The van der Waals surface area contributed by atoms with Crippen molar-refractivity contribution in [1.29, 1.82) is 0 Å². The summed E-state index contributed by atoms with van der Waals surface area (Å²) in [6, 6.07) is 6.36. The molecule has 29 heavy (non-hydrogen) atoms. The molecule has 0 aliphatic carbocycles. The van der Waals surface area contributed by atoms with Crippen LogP contribution in [-0.4, -0.2) is 45.5 Å². The highest BCUT2D eigenvalue weighted by molar-refractivity contribution is 7.13. The van der Waals surface area contributed by atoms with Crippen molar-refractivity contribution in [2.45, 2.75) is 32.9 Å². The Labute approximate surface area is 179 Å². The van der Waals surface area contributed by atoms with E-state index in [0.717, 1.165) is 29.2 Å². The molecule has 1 aromatic heterocycles. The van der Waals surface area contributed by atoms with Crippen molar-refractivity contribution in [2.24, 2.45) is 0 Å². The minimum Gasteiger partial charge on any atom is -0.508 e. The third-order valence-electron chi connectivity index (χ3n) is 5.31. The Kier molecular flexibility index (Phi) is 6.12. The van der Waals surface area contributed by atoms with Gasteiger partial charge in [-0.15, -0.1) is 12.4 Å². The summed E-state index contributed by atoms with van der Waals surface area (Å²) in [5, 5.41) is 13.8. The van der Waals surface area contributed by atoms with E-state index in [9.17, 15) is 14.3 Å². The van der Waals surface area contributed by atoms with Crippen LogP contribution in [-0.2, 0) is 0 Å². The number of fused-ring (bicyclic) bond motifs is 1. The van der Waals surface area contributed by atoms with Crippen LogP contribution in [0.3, 0.4) is 0 Å². The summed E-state index contributed by atoms with van der Waals surface area (Å²) in [5.41, 5.74) is 2.16. The molecule has 3 aromatic rings. The Bertz CT molecular complexity index is 1040. The highest BCUT2D eigenvalue weighted by Gasteiger charge is 2.31. The molecular weight excluding hydrogens is 413 g/mol. The van der Waals surface area contributed by atoms with Gasteiger partial charge in [0.15, 0.2) is 0 Å². The first-order chi connectivity index (χ1) is 13.4. The molecular formula is C21H23ClFN3O2S. The first-order valence-electron chi connectivity index (χ1n) is 9.28. The number of hydrogen-bond acceptors (Lipinski definition) is 5. The Morgan fingerprint density at radius 2 is 1.93 bits per heavy atom. The average Bonchev–Trinajstić information content (AvgIpc) is 3.08. The number of piperazine rings is 1. The quantitative estimate of drug-likeness (QED) is 0.627. The van der Waals surface area contributed by atoms with E-state index < -0.39 is 5.82 Å². The van der Waals surface area contributed by atoms with E-state index in [1.165, 1.54) is 17.6 Å². The monoisotopic (exact) mass is 435 g/mol. The maximum Gasteiger partial charge on any atom is 0.255 e. The molecule has 0 radical (unpaired) electrons. The number of halogens is 2. The molecule has 2 N–H and O–H groups in total. The van der Waals surface area contributed by atoms with Crippen molar-refractivity contribution < 1.29 is 14.3 Å². The number of nitrogens with one attached hydrogen (secondary N) is 1. The number of nitrogens with zero attached hydrogens (tertiary/aromatic N) is 2. The normalized spacial score (nSPS) is 19.2. The maximum absolute atomic E-state index is 14.7. The van der Waals surface area contributed by atoms with Gasteiger partial charge in [-0.1, -0.05) is 0 Å². The number of aryl methyl sites for hydroxylation is 1. The number of amides is 1. The lowest BCUT2D eigenvalue weighted by Crippen LogP contribution is -2.57. The summed E-state index contributed by atoms with van der Waals surface area (Å²) >= 11 is 1.28. The number of benzene rings is 2. The van der Waals surface area contributed by atoms with Crippen LogP contribution < -0.4 is 5.32 Å². The summed E-state index contributed by atoms with van der Waals surface area (Å²) in [5.74, 6) is -0.686. The van der Waals surface area contributed by atoms with Crippen LogP contribution >= 0.6 is 23.9 Å². The Morgan fingerprint density at radius 3 is 2.59 bits per heavy atom. The Balaban J connectivity index is 0.00000240. The molecule has 0 unspecified atom stereocenters. The standard InChI is InChI=1S/C21H22FN3O2S.ClH/c1-11-4-16(26)7-18(22)19(11)14-5-15-10-24-28-20(15)17(6-14)21(27)25-12(2)8-23-9-13(25)3;/h4-7,10,12-13,23,26H,8-9H2,1-3H3;1H/t12-,13+;. The Hall–Kier alpha value is -2.22. The SMILES string of the molecule is Cc1cc(O)cc(F)c1-c1cc(C(=O)N2[C@H](C)CNC[C@@H]2C)c2sncc2c1.Cl. The predicted octanol–water partition coefficient (Wildman–Crippen LogP) is 4.36. The van der Waals surface area contributed by atoms with Gasteiger partial charge in [0.25, 0.3) is 5.91 Å². The van der Waals surface area contributed by atoms with Crippen LogP contribution in [0.25, 0.3) is 21.2 Å². The smallest absolute Gasteiger partial charge is 0.255 e. The lowest BCUT2D eigenvalue weighted by molar-refractivity contribution is 0.0547. The number of hydrogen-bond donors (Lipinski definition) is 2. The number of phenolic OH excluding ortho intramolecular Hbond substituents is 1. The zero-order valence-electron chi connectivity index (χ0n) is 16.4. The fourth-order valence-electron chi connectivity index (χ4n) is 4.05. The first kappa shape index (κ1) is 21.5. The molecule has 1 aliphatic rings. The Morgan fingerprint density at radius 1 is 1.24 bits per heavy atom. The van der Waals surface area contributed by atoms with E-state index in [2.05, 4.69) is 9.69 Å². The van der Waals surface area contributed by atoms with Gasteiger partial charge in [-0.3, -0.25) is 4.79 Å². The zero-order valence-corrected chi connectivity index (χ0v) is 18.0. The molecule has 1 amide bonds. The van der Waals surface area contributed by atoms with Crippen LogP contribution in [0.5, 0.6) is 5.75 Å². The number of aromatic nitrogens is 1. The fraction of sp³-hybridized carbons (Fsp3) is 0.333. The molecule has 2 aromatic carbocycles. The number of carbonyl (C=O) groups excluding carboxylic acids is 1. The molecule has 1 saturated heterocycles. The van der Waals surface area contributed by atoms with Gasteiger partial charge in [0, 0.05) is 48.4 Å². The minimum absolute atomic E-state index is 0. The second-order valence-corrected chi connectivity index (χ2v) is 8.26. The van der Waals surface area contributed by atoms with Crippen molar-refractivity contribution in [2.75, 3.05) is 13.1 Å². The van der Waals surface area contributed by atoms with Crippen molar-refractivity contribution >= 4 is 39.9 Å². The van der Waals surface area contributed by atoms with Crippen LogP contribution in [0.1, 0.15) is 29.8 Å². The van der Waals surface area contributed by atoms with Gasteiger partial charge in [-0.05, 0) is 61.6 Å². The van der Waals surface area contributed by atoms with Gasteiger partial charge in [-0.2, -0.15) is 4.37 Å². The second-order valence-electron chi connectivity index (χ2n) is 7.46. The van der Waals surface area contributed by atoms with Gasteiger partial charge in [0.05, 0.1) is 10.3 Å². The second kappa shape index (κ2) is 8.26. The van der Waals surface area contributed by atoms with Gasteiger partial charge in [0.2, 0.25) is 0 Å². The van der Waals surface area contributed by atoms with E-state index >= 15 is 0 Å².